The number of alkyl halides is 3. The van der Waals surface area contributed by atoms with Gasteiger partial charge in [-0.1, -0.05) is 0 Å². The van der Waals surface area contributed by atoms with Crippen molar-refractivity contribution < 1.29 is 13.2 Å². The Morgan fingerprint density at radius 2 is 2.08 bits per heavy atom. The zero-order chi connectivity index (χ0) is 9.19. The first-order chi connectivity index (χ1) is 5.56. The third-order valence-corrected chi connectivity index (χ3v) is 1.73. The van der Waals surface area contributed by atoms with E-state index in [1.54, 1.807) is 0 Å². The molecule has 12 heavy (non-hydrogen) atoms. The van der Waals surface area contributed by atoms with Crippen LogP contribution in [0.4, 0.5) is 13.2 Å². The van der Waals surface area contributed by atoms with Gasteiger partial charge in [-0.25, -0.2) is 4.39 Å². The second-order valence-electron chi connectivity index (χ2n) is 2.23. The van der Waals surface area contributed by atoms with Crippen LogP contribution >= 0.6 is 15.9 Å². The molecule has 0 unspecified atom stereocenters. The van der Waals surface area contributed by atoms with Crippen LogP contribution in [0.5, 0.6) is 0 Å². The molecule has 1 rings (SSSR count). The van der Waals surface area contributed by atoms with Crippen molar-refractivity contribution in [2.45, 2.75) is 5.92 Å². The Morgan fingerprint density at radius 3 is 2.58 bits per heavy atom. The Labute approximate surface area is 75.7 Å². The van der Waals surface area contributed by atoms with Gasteiger partial charge in [0.25, 0.3) is 0 Å². The molecule has 1 heterocycles. The van der Waals surface area contributed by atoms with E-state index in [4.69, 9.17) is 0 Å². The van der Waals surface area contributed by atoms with Crippen molar-refractivity contribution in [1.82, 2.24) is 4.98 Å². The Bertz CT molecular complexity index is 277. The number of pyridine rings is 1. The van der Waals surface area contributed by atoms with Gasteiger partial charge >= 0.3 is 5.92 Å². The standard InChI is InChI=1S/C7H5BrF3N/c8-6-1-5(2-12-3-6)7(10,11)4-9/h1-3H,4H2. The lowest BCUT2D eigenvalue weighted by atomic mass is 10.2. The molecule has 1 aromatic heterocycles. The summed E-state index contributed by atoms with van der Waals surface area (Å²) in [6, 6.07) is 1.15. The van der Waals surface area contributed by atoms with Gasteiger partial charge in [-0.3, -0.25) is 4.98 Å². The predicted octanol–water partition coefficient (Wildman–Crippen LogP) is 2.91. The molecule has 0 aromatic carbocycles. The normalized spacial score (nSPS) is 11.7. The summed E-state index contributed by atoms with van der Waals surface area (Å²) in [7, 11) is 0. The molecule has 0 aliphatic rings. The molecule has 66 valence electrons. The molecule has 1 aromatic rings. The molecule has 0 aliphatic heterocycles. The molecular formula is C7H5BrF3N. The number of hydrogen-bond donors (Lipinski definition) is 0. The van der Waals surface area contributed by atoms with Gasteiger partial charge in [0.05, 0.1) is 0 Å². The topological polar surface area (TPSA) is 12.9 Å². The minimum absolute atomic E-state index is 0.410. The lowest BCUT2D eigenvalue weighted by Crippen LogP contribution is -2.15. The smallest absolute Gasteiger partial charge is 0.263 e. The van der Waals surface area contributed by atoms with E-state index < -0.39 is 18.2 Å². The van der Waals surface area contributed by atoms with E-state index in [1.807, 2.05) is 0 Å². The highest BCUT2D eigenvalue weighted by Crippen LogP contribution is 2.28. The molecule has 0 bridgehead atoms. The van der Waals surface area contributed by atoms with E-state index in [-0.39, 0.29) is 0 Å². The van der Waals surface area contributed by atoms with Gasteiger partial charge in [0.15, 0.2) is 6.67 Å². The van der Waals surface area contributed by atoms with Gasteiger partial charge in [0, 0.05) is 22.4 Å². The highest BCUT2D eigenvalue weighted by atomic mass is 79.9. The Hall–Kier alpha value is -0.580. The van der Waals surface area contributed by atoms with Crippen LogP contribution in [0, 0.1) is 0 Å². The van der Waals surface area contributed by atoms with Crippen LogP contribution in [0.3, 0.4) is 0 Å². The third kappa shape index (κ3) is 1.97. The first-order valence-corrected chi connectivity index (χ1v) is 3.90. The quantitative estimate of drug-likeness (QED) is 0.774. The largest absolute Gasteiger partial charge is 0.302 e. The highest BCUT2D eigenvalue weighted by Gasteiger charge is 2.31. The molecule has 0 radical (unpaired) electrons. The molecule has 0 amide bonds. The summed E-state index contributed by atoms with van der Waals surface area (Å²) in [5, 5.41) is 0. The van der Waals surface area contributed by atoms with E-state index >= 15 is 0 Å². The molecule has 0 atom stereocenters. The zero-order valence-electron chi connectivity index (χ0n) is 5.90. The molecular weight excluding hydrogens is 235 g/mol. The van der Waals surface area contributed by atoms with Gasteiger partial charge in [-0.15, -0.1) is 0 Å². The number of halogens is 4. The van der Waals surface area contributed by atoms with Crippen molar-refractivity contribution in [1.29, 1.82) is 0 Å². The van der Waals surface area contributed by atoms with Crippen LogP contribution in [0.2, 0.25) is 0 Å². The van der Waals surface area contributed by atoms with Crippen LogP contribution in [-0.2, 0) is 5.92 Å². The molecule has 0 fully saturated rings. The Kier molecular flexibility index (Phi) is 2.72. The minimum atomic E-state index is -3.43. The van der Waals surface area contributed by atoms with Gasteiger partial charge < -0.3 is 0 Å². The van der Waals surface area contributed by atoms with Crippen molar-refractivity contribution in [2.24, 2.45) is 0 Å². The maximum absolute atomic E-state index is 12.6. The van der Waals surface area contributed by atoms with E-state index in [0.717, 1.165) is 12.3 Å². The summed E-state index contributed by atoms with van der Waals surface area (Å²) in [6.45, 7) is -1.70. The van der Waals surface area contributed by atoms with Crippen molar-refractivity contribution in [3.05, 3.63) is 28.5 Å². The first kappa shape index (κ1) is 9.51. The van der Waals surface area contributed by atoms with E-state index in [9.17, 15) is 13.2 Å². The van der Waals surface area contributed by atoms with Crippen LogP contribution in [-0.4, -0.2) is 11.7 Å². The van der Waals surface area contributed by atoms with Crippen LogP contribution in [0.15, 0.2) is 22.9 Å². The third-order valence-electron chi connectivity index (χ3n) is 1.30. The summed E-state index contributed by atoms with van der Waals surface area (Å²) >= 11 is 2.97. The van der Waals surface area contributed by atoms with E-state index in [0.29, 0.717) is 4.47 Å². The number of nitrogens with zero attached hydrogens (tertiary/aromatic N) is 1. The second kappa shape index (κ2) is 3.43. The monoisotopic (exact) mass is 239 g/mol. The highest BCUT2D eigenvalue weighted by molar-refractivity contribution is 9.10. The molecule has 0 saturated heterocycles. The maximum Gasteiger partial charge on any atom is 0.302 e. The average molecular weight is 240 g/mol. The molecule has 5 heteroatoms. The SMILES string of the molecule is FCC(F)(F)c1cncc(Br)c1. The average Bonchev–Trinajstić information content (AvgIpc) is 2.05. The van der Waals surface area contributed by atoms with E-state index in [2.05, 4.69) is 20.9 Å². The summed E-state index contributed by atoms with van der Waals surface area (Å²) in [6.07, 6.45) is 2.31. The molecule has 0 N–H and O–H groups in total. The van der Waals surface area contributed by atoms with Gasteiger partial charge in [-0.2, -0.15) is 8.78 Å². The summed E-state index contributed by atoms with van der Waals surface area (Å²) in [5.74, 6) is -3.43. The Balaban J connectivity index is 3.03. The van der Waals surface area contributed by atoms with Gasteiger partial charge in [-0.05, 0) is 22.0 Å². The fourth-order valence-electron chi connectivity index (χ4n) is 0.689. The Morgan fingerprint density at radius 1 is 1.42 bits per heavy atom. The lowest BCUT2D eigenvalue weighted by molar-refractivity contribution is -0.0284. The predicted molar refractivity (Wildman–Crippen MR) is 41.8 cm³/mol. The summed E-state index contributed by atoms with van der Waals surface area (Å²) < 4.78 is 37.5. The molecule has 0 saturated carbocycles. The lowest BCUT2D eigenvalue weighted by Gasteiger charge is -2.11. The number of hydrogen-bond acceptors (Lipinski definition) is 1. The van der Waals surface area contributed by atoms with Gasteiger partial charge in [0.1, 0.15) is 0 Å². The fraction of sp³-hybridized carbons (Fsp3) is 0.286. The molecule has 0 aliphatic carbocycles. The van der Waals surface area contributed by atoms with Crippen LogP contribution in [0.1, 0.15) is 5.56 Å². The van der Waals surface area contributed by atoms with Crippen LogP contribution < -0.4 is 0 Å². The fourth-order valence-corrected chi connectivity index (χ4v) is 1.05. The van der Waals surface area contributed by atoms with Crippen LogP contribution in [0.25, 0.3) is 0 Å². The summed E-state index contributed by atoms with van der Waals surface area (Å²) in [4.78, 5) is 3.50. The van der Waals surface area contributed by atoms with Crippen molar-refractivity contribution in [3.63, 3.8) is 0 Å². The van der Waals surface area contributed by atoms with Crippen molar-refractivity contribution in [3.8, 4) is 0 Å². The maximum atomic E-state index is 12.6. The molecule has 0 spiro atoms. The number of rotatable bonds is 2. The van der Waals surface area contributed by atoms with Crippen molar-refractivity contribution in [2.75, 3.05) is 6.67 Å². The first-order valence-electron chi connectivity index (χ1n) is 3.11. The zero-order valence-corrected chi connectivity index (χ0v) is 7.48. The number of aromatic nitrogens is 1. The van der Waals surface area contributed by atoms with Crippen molar-refractivity contribution >= 4 is 15.9 Å². The van der Waals surface area contributed by atoms with E-state index in [1.165, 1.54) is 6.20 Å². The molecule has 1 nitrogen and oxygen atoms in total. The second-order valence-corrected chi connectivity index (χ2v) is 3.15. The summed E-state index contributed by atoms with van der Waals surface area (Å²) in [5.41, 5.74) is -0.417. The van der Waals surface area contributed by atoms with Gasteiger partial charge in [0.2, 0.25) is 0 Å². The minimum Gasteiger partial charge on any atom is -0.263 e.